The van der Waals surface area contributed by atoms with Crippen LogP contribution in [0, 0.1) is 5.82 Å². The molecule has 72 valence electrons. The highest BCUT2D eigenvalue weighted by molar-refractivity contribution is 9.10. The SMILES string of the molecule is NC(CO)c1c(F)ccc(Cl)c1Br. The van der Waals surface area contributed by atoms with E-state index in [0.717, 1.165) is 0 Å². The number of benzene rings is 1. The lowest BCUT2D eigenvalue weighted by molar-refractivity contribution is 0.265. The Morgan fingerprint density at radius 3 is 2.77 bits per heavy atom. The van der Waals surface area contributed by atoms with E-state index in [1.54, 1.807) is 0 Å². The standard InChI is InChI=1S/C8H8BrClFNO/c9-8-4(10)1-2-5(11)7(8)6(12)3-13/h1-2,6,13H,3,12H2. The summed E-state index contributed by atoms with van der Waals surface area (Å²) in [5.41, 5.74) is 5.69. The molecule has 1 aromatic carbocycles. The van der Waals surface area contributed by atoms with Gasteiger partial charge in [-0.15, -0.1) is 0 Å². The average Bonchev–Trinajstić information content (AvgIpc) is 2.12. The fourth-order valence-corrected chi connectivity index (χ4v) is 1.75. The molecule has 0 aliphatic heterocycles. The molecule has 0 aromatic heterocycles. The van der Waals surface area contributed by atoms with Crippen LogP contribution in [0.3, 0.4) is 0 Å². The van der Waals surface area contributed by atoms with Gasteiger partial charge in [0.15, 0.2) is 0 Å². The fraction of sp³-hybridized carbons (Fsp3) is 0.250. The van der Waals surface area contributed by atoms with E-state index in [0.29, 0.717) is 9.50 Å². The van der Waals surface area contributed by atoms with E-state index in [-0.39, 0.29) is 12.2 Å². The van der Waals surface area contributed by atoms with Gasteiger partial charge in [-0.25, -0.2) is 4.39 Å². The minimum absolute atomic E-state index is 0.204. The number of aliphatic hydroxyl groups is 1. The average molecular weight is 269 g/mol. The van der Waals surface area contributed by atoms with Crippen molar-refractivity contribution in [3.05, 3.63) is 33.0 Å². The van der Waals surface area contributed by atoms with Crippen molar-refractivity contribution in [1.82, 2.24) is 0 Å². The van der Waals surface area contributed by atoms with Crippen LogP contribution in [0.1, 0.15) is 11.6 Å². The van der Waals surface area contributed by atoms with Crippen molar-refractivity contribution in [3.8, 4) is 0 Å². The van der Waals surface area contributed by atoms with Crippen molar-refractivity contribution in [1.29, 1.82) is 0 Å². The molecular formula is C8H8BrClFNO. The van der Waals surface area contributed by atoms with Crippen molar-refractivity contribution in [3.63, 3.8) is 0 Å². The van der Waals surface area contributed by atoms with E-state index < -0.39 is 11.9 Å². The maximum Gasteiger partial charge on any atom is 0.129 e. The van der Waals surface area contributed by atoms with E-state index in [1.807, 2.05) is 0 Å². The summed E-state index contributed by atoms with van der Waals surface area (Å²) >= 11 is 8.85. The predicted octanol–water partition coefficient (Wildman–Crippen LogP) is 2.23. The van der Waals surface area contributed by atoms with E-state index in [1.165, 1.54) is 12.1 Å². The molecule has 3 N–H and O–H groups in total. The second-order valence-corrected chi connectivity index (χ2v) is 3.75. The quantitative estimate of drug-likeness (QED) is 0.808. The molecule has 0 radical (unpaired) electrons. The molecule has 0 spiro atoms. The van der Waals surface area contributed by atoms with Gasteiger partial charge in [0.1, 0.15) is 5.82 Å². The monoisotopic (exact) mass is 267 g/mol. The zero-order valence-electron chi connectivity index (χ0n) is 6.60. The number of hydrogen-bond donors (Lipinski definition) is 2. The minimum atomic E-state index is -0.756. The zero-order valence-corrected chi connectivity index (χ0v) is 8.94. The van der Waals surface area contributed by atoms with Gasteiger partial charge in [0.05, 0.1) is 17.7 Å². The lowest BCUT2D eigenvalue weighted by Gasteiger charge is -2.12. The molecule has 1 aromatic rings. The van der Waals surface area contributed by atoms with Crippen LogP contribution in [-0.2, 0) is 0 Å². The molecule has 1 rings (SSSR count). The summed E-state index contributed by atoms with van der Waals surface area (Å²) in [7, 11) is 0. The zero-order chi connectivity index (χ0) is 10.0. The molecule has 0 bridgehead atoms. The first-order valence-electron chi connectivity index (χ1n) is 3.57. The van der Waals surface area contributed by atoms with E-state index in [9.17, 15) is 4.39 Å². The first-order chi connectivity index (χ1) is 6.07. The van der Waals surface area contributed by atoms with Crippen LogP contribution >= 0.6 is 27.5 Å². The fourth-order valence-electron chi connectivity index (χ4n) is 0.974. The highest BCUT2D eigenvalue weighted by Gasteiger charge is 2.16. The Kier molecular flexibility index (Phi) is 3.67. The molecule has 1 unspecified atom stereocenters. The molecule has 0 heterocycles. The third kappa shape index (κ3) is 2.20. The normalized spacial score (nSPS) is 13.0. The highest BCUT2D eigenvalue weighted by atomic mass is 79.9. The van der Waals surface area contributed by atoms with Crippen LogP contribution in [0.25, 0.3) is 0 Å². The van der Waals surface area contributed by atoms with Crippen LogP contribution in [0.4, 0.5) is 4.39 Å². The smallest absolute Gasteiger partial charge is 0.129 e. The van der Waals surface area contributed by atoms with Crippen LogP contribution < -0.4 is 5.73 Å². The van der Waals surface area contributed by atoms with Crippen molar-refractivity contribution < 1.29 is 9.50 Å². The molecule has 0 aliphatic rings. The molecular weight excluding hydrogens is 260 g/mol. The number of rotatable bonds is 2. The third-order valence-corrected chi connectivity index (χ3v) is 3.04. The van der Waals surface area contributed by atoms with Crippen LogP contribution in [0.5, 0.6) is 0 Å². The van der Waals surface area contributed by atoms with E-state index in [4.69, 9.17) is 22.4 Å². The topological polar surface area (TPSA) is 46.2 Å². The van der Waals surface area contributed by atoms with Crippen molar-refractivity contribution in [2.24, 2.45) is 5.73 Å². The van der Waals surface area contributed by atoms with Gasteiger partial charge in [0, 0.05) is 10.0 Å². The summed E-state index contributed by atoms with van der Waals surface area (Å²) in [5.74, 6) is -0.474. The van der Waals surface area contributed by atoms with Gasteiger partial charge in [0.25, 0.3) is 0 Å². The lowest BCUT2D eigenvalue weighted by atomic mass is 10.1. The Morgan fingerprint density at radius 1 is 1.62 bits per heavy atom. The van der Waals surface area contributed by atoms with Crippen molar-refractivity contribution >= 4 is 27.5 Å². The molecule has 0 amide bonds. The van der Waals surface area contributed by atoms with E-state index >= 15 is 0 Å². The Labute approximate surface area is 88.6 Å². The summed E-state index contributed by atoms with van der Waals surface area (Å²) < 4.78 is 13.6. The van der Waals surface area contributed by atoms with Crippen LogP contribution in [-0.4, -0.2) is 11.7 Å². The maximum absolute atomic E-state index is 13.2. The van der Waals surface area contributed by atoms with E-state index in [2.05, 4.69) is 15.9 Å². The molecule has 5 heteroatoms. The molecule has 0 fully saturated rings. The summed E-state index contributed by atoms with van der Waals surface area (Å²) in [4.78, 5) is 0. The highest BCUT2D eigenvalue weighted by Crippen LogP contribution is 2.31. The van der Waals surface area contributed by atoms with Crippen molar-refractivity contribution in [2.75, 3.05) is 6.61 Å². The summed E-state index contributed by atoms with van der Waals surface area (Å²) in [5, 5.41) is 9.15. The van der Waals surface area contributed by atoms with Gasteiger partial charge < -0.3 is 10.8 Å². The minimum Gasteiger partial charge on any atom is -0.394 e. The van der Waals surface area contributed by atoms with Gasteiger partial charge in [-0.3, -0.25) is 0 Å². The Balaban J connectivity index is 3.25. The Bertz CT molecular complexity index is 321. The first kappa shape index (κ1) is 10.9. The third-order valence-electron chi connectivity index (χ3n) is 1.65. The second-order valence-electron chi connectivity index (χ2n) is 2.55. The molecule has 0 saturated carbocycles. The number of nitrogens with two attached hydrogens (primary N) is 1. The predicted molar refractivity (Wildman–Crippen MR) is 53.1 cm³/mol. The maximum atomic E-state index is 13.2. The van der Waals surface area contributed by atoms with Gasteiger partial charge in [-0.2, -0.15) is 0 Å². The molecule has 2 nitrogen and oxygen atoms in total. The first-order valence-corrected chi connectivity index (χ1v) is 4.75. The Hall–Kier alpha value is -0.160. The summed E-state index contributed by atoms with van der Waals surface area (Å²) in [6.45, 7) is -0.324. The van der Waals surface area contributed by atoms with Gasteiger partial charge in [0.2, 0.25) is 0 Å². The van der Waals surface area contributed by atoms with Gasteiger partial charge >= 0.3 is 0 Å². The molecule has 0 saturated heterocycles. The largest absolute Gasteiger partial charge is 0.394 e. The lowest BCUT2D eigenvalue weighted by Crippen LogP contribution is -2.16. The van der Waals surface area contributed by atoms with Gasteiger partial charge in [-0.05, 0) is 28.1 Å². The molecule has 13 heavy (non-hydrogen) atoms. The van der Waals surface area contributed by atoms with Crippen molar-refractivity contribution in [2.45, 2.75) is 6.04 Å². The Morgan fingerprint density at radius 2 is 2.23 bits per heavy atom. The second kappa shape index (κ2) is 4.37. The number of hydrogen-bond acceptors (Lipinski definition) is 2. The summed E-state index contributed by atoms with van der Waals surface area (Å²) in [6.07, 6.45) is 0. The van der Waals surface area contributed by atoms with Gasteiger partial charge in [-0.1, -0.05) is 11.6 Å². The number of aliphatic hydroxyl groups excluding tert-OH is 1. The number of halogens is 3. The molecule has 1 atom stereocenters. The van der Waals surface area contributed by atoms with Crippen LogP contribution in [0.2, 0.25) is 5.02 Å². The molecule has 0 aliphatic carbocycles. The van der Waals surface area contributed by atoms with Crippen LogP contribution in [0.15, 0.2) is 16.6 Å². The summed E-state index contributed by atoms with van der Waals surface area (Å²) in [6, 6.07) is 1.89.